The maximum Gasteiger partial charge on any atom is 0.344 e. The Hall–Kier alpha value is -3.23. The highest BCUT2D eigenvalue weighted by Gasteiger charge is 2.30. The number of benzene rings is 1. The van der Waals surface area contributed by atoms with Crippen molar-refractivity contribution in [3.63, 3.8) is 0 Å². The molecule has 0 fully saturated rings. The van der Waals surface area contributed by atoms with Crippen LogP contribution in [-0.4, -0.2) is 79.5 Å². The molecule has 0 saturated heterocycles. The molecule has 0 aliphatic rings. The van der Waals surface area contributed by atoms with Gasteiger partial charge in [-0.25, -0.2) is 4.79 Å². The predicted octanol–water partition coefficient (Wildman–Crippen LogP) is 1.73. The summed E-state index contributed by atoms with van der Waals surface area (Å²) in [5, 5.41) is 0. The summed E-state index contributed by atoms with van der Waals surface area (Å²) in [5.74, 6) is -1.51. The molecule has 0 radical (unpaired) electrons. The second-order valence-electron chi connectivity index (χ2n) is 8.12. The normalized spacial score (nSPS) is 11.8. The molecule has 0 heterocycles. The van der Waals surface area contributed by atoms with Crippen LogP contribution < -0.4 is 4.74 Å². The number of aldehydes is 2. The summed E-state index contributed by atoms with van der Waals surface area (Å²) in [6, 6.07) is 3.52. The number of carbonyl (C=O) groups excluding carboxylic acids is 5. The fourth-order valence-corrected chi connectivity index (χ4v) is 2.82. The molecule has 0 spiro atoms. The number of carbonyl (C=O) groups is 5. The van der Waals surface area contributed by atoms with Crippen molar-refractivity contribution in [1.29, 1.82) is 0 Å². The van der Waals surface area contributed by atoms with Crippen LogP contribution in [0, 0.1) is 0 Å². The monoisotopic (exact) mass is 434 g/mol. The van der Waals surface area contributed by atoms with Crippen LogP contribution >= 0.6 is 0 Å². The minimum absolute atomic E-state index is 0.0156. The molecular weight excluding hydrogens is 404 g/mol. The molecule has 1 aromatic carbocycles. The average Bonchev–Trinajstić information content (AvgIpc) is 2.69. The average molecular weight is 434 g/mol. The third-order valence-electron chi connectivity index (χ3n) is 4.25. The van der Waals surface area contributed by atoms with Crippen molar-refractivity contribution in [2.75, 3.05) is 27.7 Å². The first-order chi connectivity index (χ1) is 14.4. The van der Waals surface area contributed by atoms with Crippen LogP contribution in [0.5, 0.6) is 5.75 Å². The molecule has 2 amide bonds. The van der Waals surface area contributed by atoms with Crippen molar-refractivity contribution < 1.29 is 33.4 Å². The molecule has 0 saturated carbocycles. The second kappa shape index (κ2) is 11.2. The van der Waals surface area contributed by atoms with Crippen LogP contribution in [0.1, 0.15) is 54.3 Å². The highest BCUT2D eigenvalue weighted by molar-refractivity contribution is 6.04. The second-order valence-corrected chi connectivity index (χ2v) is 8.12. The molecule has 0 aromatic heterocycles. The van der Waals surface area contributed by atoms with E-state index in [1.807, 2.05) is 0 Å². The highest BCUT2D eigenvalue weighted by Crippen LogP contribution is 2.23. The number of esters is 1. The van der Waals surface area contributed by atoms with Gasteiger partial charge in [-0.1, -0.05) is 6.07 Å². The van der Waals surface area contributed by atoms with Crippen LogP contribution in [0.4, 0.5) is 0 Å². The molecule has 0 aliphatic heterocycles. The Morgan fingerprint density at radius 1 is 1.10 bits per heavy atom. The Morgan fingerprint density at radius 3 is 2.26 bits per heavy atom. The van der Waals surface area contributed by atoms with E-state index in [0.29, 0.717) is 12.6 Å². The van der Waals surface area contributed by atoms with Crippen molar-refractivity contribution in [3.8, 4) is 5.75 Å². The number of hydrogen-bond donors (Lipinski definition) is 0. The summed E-state index contributed by atoms with van der Waals surface area (Å²) in [5.41, 5.74) is -0.722. The van der Waals surface area contributed by atoms with Crippen LogP contribution in [-0.2, 0) is 19.1 Å². The summed E-state index contributed by atoms with van der Waals surface area (Å²) in [6.07, 6.45) is 1.38. The van der Waals surface area contributed by atoms with Gasteiger partial charge in [-0.15, -0.1) is 0 Å². The van der Waals surface area contributed by atoms with E-state index in [-0.39, 0.29) is 35.6 Å². The molecule has 170 valence electrons. The van der Waals surface area contributed by atoms with Gasteiger partial charge in [-0.3, -0.25) is 14.4 Å². The van der Waals surface area contributed by atoms with Crippen molar-refractivity contribution in [2.45, 2.75) is 45.3 Å². The van der Waals surface area contributed by atoms with E-state index in [0.717, 1.165) is 0 Å². The number of likely N-dealkylation sites (N-methyl/N-ethyl adjacent to an activating group) is 2. The lowest BCUT2D eigenvalue weighted by Gasteiger charge is -2.29. The van der Waals surface area contributed by atoms with E-state index in [4.69, 9.17) is 9.47 Å². The van der Waals surface area contributed by atoms with Gasteiger partial charge in [0.2, 0.25) is 5.91 Å². The van der Waals surface area contributed by atoms with Gasteiger partial charge in [0.05, 0.1) is 11.1 Å². The first-order valence-electron chi connectivity index (χ1n) is 9.77. The van der Waals surface area contributed by atoms with Crippen molar-refractivity contribution in [2.24, 2.45) is 0 Å². The number of nitrogens with zero attached hydrogens (tertiary/aromatic N) is 2. The number of amides is 2. The largest absolute Gasteiger partial charge is 0.481 e. The predicted molar refractivity (Wildman–Crippen MR) is 113 cm³/mol. The quantitative estimate of drug-likeness (QED) is 0.407. The first kappa shape index (κ1) is 25.8. The van der Waals surface area contributed by atoms with Crippen molar-refractivity contribution in [3.05, 3.63) is 29.3 Å². The van der Waals surface area contributed by atoms with Gasteiger partial charge in [-0.2, -0.15) is 0 Å². The minimum Gasteiger partial charge on any atom is -0.481 e. The van der Waals surface area contributed by atoms with E-state index in [1.54, 1.807) is 34.9 Å². The molecule has 1 atom stereocenters. The molecule has 1 rings (SSSR count). The Bertz CT molecular complexity index is 828. The zero-order chi connectivity index (χ0) is 23.8. The van der Waals surface area contributed by atoms with Crippen molar-refractivity contribution >= 4 is 30.4 Å². The third kappa shape index (κ3) is 7.51. The lowest BCUT2D eigenvalue weighted by atomic mass is 10.0. The third-order valence-corrected chi connectivity index (χ3v) is 4.25. The molecule has 0 aliphatic carbocycles. The number of ether oxygens (including phenoxy) is 2. The minimum atomic E-state index is -0.876. The van der Waals surface area contributed by atoms with Gasteiger partial charge in [0.25, 0.3) is 5.91 Å². The van der Waals surface area contributed by atoms with Gasteiger partial charge < -0.3 is 24.1 Å². The van der Waals surface area contributed by atoms with E-state index in [9.17, 15) is 24.0 Å². The van der Waals surface area contributed by atoms with E-state index in [1.165, 1.54) is 35.0 Å². The van der Waals surface area contributed by atoms with Gasteiger partial charge in [0.15, 0.2) is 12.9 Å². The molecule has 0 bridgehead atoms. The summed E-state index contributed by atoms with van der Waals surface area (Å²) < 4.78 is 10.6. The van der Waals surface area contributed by atoms with Gasteiger partial charge in [0, 0.05) is 27.6 Å². The summed E-state index contributed by atoms with van der Waals surface area (Å²) >= 11 is 0. The molecule has 1 unspecified atom stereocenters. The summed E-state index contributed by atoms with van der Waals surface area (Å²) in [7, 11) is 4.54. The number of rotatable bonds is 10. The lowest BCUT2D eigenvalue weighted by Crippen LogP contribution is -2.47. The molecule has 31 heavy (non-hydrogen) atoms. The van der Waals surface area contributed by atoms with Crippen LogP contribution in [0.25, 0.3) is 0 Å². The van der Waals surface area contributed by atoms with Gasteiger partial charge in [-0.05, 0) is 39.3 Å². The molecule has 9 nitrogen and oxygen atoms in total. The molecule has 9 heteroatoms. The SMILES string of the molecule is CN(C)C(=O)C(CCC=O)N(C)C(=O)c1cccc(OCC(=O)OC(C)(C)C)c1C=O. The van der Waals surface area contributed by atoms with Crippen LogP contribution in [0.3, 0.4) is 0 Å². The van der Waals surface area contributed by atoms with E-state index >= 15 is 0 Å². The Kier molecular flexibility index (Phi) is 9.36. The molecule has 1 aromatic rings. The standard InChI is InChI=1S/C22H30N2O7/c1-22(2,3)31-19(27)14-30-18-11-7-9-15(16(18)13-26)20(28)24(6)17(10-8-12-25)21(29)23(4)5/h7,9,11-13,17H,8,10,14H2,1-6H3. The zero-order valence-corrected chi connectivity index (χ0v) is 18.8. The Morgan fingerprint density at radius 2 is 1.74 bits per heavy atom. The van der Waals surface area contributed by atoms with Crippen LogP contribution in [0.2, 0.25) is 0 Å². The maximum absolute atomic E-state index is 13.1. The zero-order valence-electron chi connectivity index (χ0n) is 18.8. The van der Waals surface area contributed by atoms with Crippen LogP contribution in [0.15, 0.2) is 18.2 Å². The summed E-state index contributed by atoms with van der Waals surface area (Å²) in [4.78, 5) is 62.6. The molecule has 0 N–H and O–H groups in total. The smallest absolute Gasteiger partial charge is 0.344 e. The van der Waals surface area contributed by atoms with Crippen molar-refractivity contribution in [1.82, 2.24) is 9.80 Å². The molecular formula is C22H30N2O7. The lowest BCUT2D eigenvalue weighted by molar-refractivity contribution is -0.157. The fourth-order valence-electron chi connectivity index (χ4n) is 2.82. The maximum atomic E-state index is 13.1. The Balaban J connectivity index is 3.14. The van der Waals surface area contributed by atoms with Gasteiger partial charge >= 0.3 is 5.97 Å². The van der Waals surface area contributed by atoms with E-state index < -0.39 is 30.1 Å². The Labute approximate surface area is 182 Å². The fraction of sp³-hybridized carbons (Fsp3) is 0.500. The highest BCUT2D eigenvalue weighted by atomic mass is 16.6. The topological polar surface area (TPSA) is 110 Å². The van der Waals surface area contributed by atoms with Gasteiger partial charge in [0.1, 0.15) is 23.7 Å². The first-order valence-corrected chi connectivity index (χ1v) is 9.77. The van der Waals surface area contributed by atoms with E-state index in [2.05, 4.69) is 0 Å². The number of hydrogen-bond acceptors (Lipinski definition) is 7. The summed E-state index contributed by atoms with van der Waals surface area (Å²) in [6.45, 7) is 4.71.